The van der Waals surface area contributed by atoms with Crippen molar-refractivity contribution in [1.82, 2.24) is 15.2 Å². The van der Waals surface area contributed by atoms with Gasteiger partial charge in [-0.25, -0.2) is 4.98 Å². The van der Waals surface area contributed by atoms with Gasteiger partial charge in [0.2, 0.25) is 11.1 Å². The Morgan fingerprint density at radius 2 is 2.14 bits per heavy atom. The summed E-state index contributed by atoms with van der Waals surface area (Å²) < 4.78 is 0. The minimum absolute atomic E-state index is 0.0429. The zero-order valence-corrected chi connectivity index (χ0v) is 13.5. The molecule has 0 aliphatic carbocycles. The fourth-order valence-corrected chi connectivity index (χ4v) is 2.68. The van der Waals surface area contributed by atoms with Gasteiger partial charge in [0.1, 0.15) is 5.82 Å². The highest BCUT2D eigenvalue weighted by Crippen LogP contribution is 2.27. The van der Waals surface area contributed by atoms with Gasteiger partial charge in [-0.05, 0) is 30.9 Å². The van der Waals surface area contributed by atoms with Crippen molar-refractivity contribution in [1.29, 1.82) is 0 Å². The average Bonchev–Trinajstić information content (AvgIpc) is 2.84. The molecule has 0 saturated carbocycles. The van der Waals surface area contributed by atoms with Gasteiger partial charge < -0.3 is 5.32 Å². The number of rotatable bonds is 5. The van der Waals surface area contributed by atoms with Gasteiger partial charge in [0.05, 0.1) is 5.75 Å². The maximum Gasteiger partial charge on any atom is 0.234 e. The van der Waals surface area contributed by atoms with E-state index in [0.29, 0.717) is 16.8 Å². The number of H-pyrrole nitrogens is 1. The third-order valence-electron chi connectivity index (χ3n) is 3.10. The number of hydrogen-bond acceptors (Lipinski definition) is 4. The Morgan fingerprint density at radius 1 is 1.38 bits per heavy atom. The van der Waals surface area contributed by atoms with Gasteiger partial charge in [-0.1, -0.05) is 43.8 Å². The van der Waals surface area contributed by atoms with Gasteiger partial charge in [-0.15, -0.1) is 5.10 Å². The first-order valence-electron chi connectivity index (χ1n) is 6.88. The molecule has 0 unspecified atom stereocenters. The number of aryl methyl sites for hydroxylation is 2. The second-order valence-corrected chi connectivity index (χ2v) is 6.18. The van der Waals surface area contributed by atoms with E-state index in [2.05, 4.69) is 40.4 Å². The van der Waals surface area contributed by atoms with Gasteiger partial charge >= 0.3 is 0 Å². The highest BCUT2D eigenvalue weighted by molar-refractivity contribution is 7.99. The third-order valence-corrected chi connectivity index (χ3v) is 3.95. The molecule has 2 rings (SSSR count). The Bertz CT molecular complexity index is 636. The highest BCUT2D eigenvalue weighted by Gasteiger charge is 2.13. The average molecular weight is 304 g/mol. The molecule has 1 aromatic carbocycles. The molecule has 0 spiro atoms. The topological polar surface area (TPSA) is 70.7 Å². The fraction of sp³-hybridized carbons (Fsp3) is 0.400. The van der Waals surface area contributed by atoms with Crippen molar-refractivity contribution in [2.45, 2.75) is 38.8 Å². The monoisotopic (exact) mass is 304 g/mol. The van der Waals surface area contributed by atoms with Gasteiger partial charge in [-0.3, -0.25) is 9.89 Å². The van der Waals surface area contributed by atoms with Gasteiger partial charge in [0.15, 0.2) is 0 Å². The van der Waals surface area contributed by atoms with Crippen molar-refractivity contribution >= 4 is 23.4 Å². The maximum atomic E-state index is 12.1. The van der Waals surface area contributed by atoms with Crippen LogP contribution in [0.15, 0.2) is 23.4 Å². The number of amides is 1. The van der Waals surface area contributed by atoms with Crippen LogP contribution in [0.3, 0.4) is 0 Å². The van der Waals surface area contributed by atoms with Gasteiger partial charge in [-0.2, -0.15) is 0 Å². The first kappa shape index (κ1) is 15.6. The Balaban J connectivity index is 2.02. The van der Waals surface area contributed by atoms with Crippen LogP contribution in [0.4, 0.5) is 5.69 Å². The molecule has 1 amide bonds. The number of aromatic nitrogens is 3. The molecule has 0 atom stereocenters. The summed E-state index contributed by atoms with van der Waals surface area (Å²) in [7, 11) is 0. The summed E-state index contributed by atoms with van der Waals surface area (Å²) in [6.07, 6.45) is 0. The highest BCUT2D eigenvalue weighted by atomic mass is 32.2. The first-order valence-corrected chi connectivity index (χ1v) is 7.87. The van der Waals surface area contributed by atoms with Crippen LogP contribution in [0.25, 0.3) is 0 Å². The number of benzene rings is 1. The van der Waals surface area contributed by atoms with Crippen LogP contribution in [0.1, 0.15) is 36.7 Å². The molecule has 112 valence electrons. The lowest BCUT2D eigenvalue weighted by molar-refractivity contribution is -0.113. The molecular formula is C15H20N4OS. The van der Waals surface area contributed by atoms with E-state index >= 15 is 0 Å². The van der Waals surface area contributed by atoms with E-state index in [1.807, 2.05) is 26.0 Å². The summed E-state index contributed by atoms with van der Waals surface area (Å²) in [4.78, 5) is 16.3. The van der Waals surface area contributed by atoms with Crippen LogP contribution in [-0.2, 0) is 4.79 Å². The van der Waals surface area contributed by atoms with E-state index in [1.54, 1.807) is 0 Å². The summed E-state index contributed by atoms with van der Waals surface area (Å²) in [5.74, 6) is 1.37. The molecule has 0 fully saturated rings. The lowest BCUT2D eigenvalue weighted by Crippen LogP contribution is -2.16. The number of hydrogen-bond donors (Lipinski definition) is 2. The number of thioether (sulfide) groups is 1. The Morgan fingerprint density at radius 3 is 2.76 bits per heavy atom. The number of anilines is 1. The second-order valence-electron chi connectivity index (χ2n) is 5.23. The molecule has 2 N–H and O–H groups in total. The number of nitrogens with zero attached hydrogens (tertiary/aromatic N) is 2. The van der Waals surface area contributed by atoms with E-state index < -0.39 is 0 Å². The molecule has 0 aliphatic rings. The zero-order valence-electron chi connectivity index (χ0n) is 12.7. The Kier molecular flexibility index (Phi) is 5.01. The molecule has 5 nitrogen and oxygen atoms in total. The van der Waals surface area contributed by atoms with Crippen molar-refractivity contribution in [2.24, 2.45) is 0 Å². The van der Waals surface area contributed by atoms with E-state index in [1.165, 1.54) is 11.8 Å². The quantitative estimate of drug-likeness (QED) is 0.832. The first-order chi connectivity index (χ1) is 9.97. The Hall–Kier alpha value is -1.82. The van der Waals surface area contributed by atoms with Crippen molar-refractivity contribution in [3.8, 4) is 0 Å². The lowest BCUT2D eigenvalue weighted by Gasteiger charge is -2.16. The summed E-state index contributed by atoms with van der Waals surface area (Å²) in [6.45, 7) is 8.08. The molecule has 1 heterocycles. The van der Waals surface area contributed by atoms with Crippen molar-refractivity contribution in [2.75, 3.05) is 11.1 Å². The SMILES string of the molecule is Cc1nc(SCC(=O)Nc2c(C)cccc2C(C)C)n[nH]1. The fourth-order valence-electron chi connectivity index (χ4n) is 2.03. The maximum absolute atomic E-state index is 12.1. The number of aromatic amines is 1. The standard InChI is InChI=1S/C15H20N4OS/c1-9(2)12-7-5-6-10(3)14(12)17-13(20)8-21-15-16-11(4)18-19-15/h5-7,9H,8H2,1-4H3,(H,17,20)(H,16,18,19). The lowest BCUT2D eigenvalue weighted by atomic mass is 9.98. The van der Waals surface area contributed by atoms with Crippen LogP contribution in [-0.4, -0.2) is 26.8 Å². The predicted octanol–water partition coefficient (Wildman–Crippen LogP) is 3.28. The molecule has 0 aliphatic heterocycles. The van der Waals surface area contributed by atoms with Crippen molar-refractivity contribution < 1.29 is 4.79 Å². The van der Waals surface area contributed by atoms with E-state index in [4.69, 9.17) is 0 Å². The molecule has 6 heteroatoms. The summed E-state index contributed by atoms with van der Waals surface area (Å²) in [5.41, 5.74) is 3.15. The molecule has 2 aromatic rings. The second kappa shape index (κ2) is 6.76. The summed E-state index contributed by atoms with van der Waals surface area (Å²) >= 11 is 1.32. The van der Waals surface area contributed by atoms with Gasteiger partial charge in [0, 0.05) is 5.69 Å². The molecule has 1 aromatic heterocycles. The zero-order chi connectivity index (χ0) is 15.4. The van der Waals surface area contributed by atoms with Crippen LogP contribution >= 0.6 is 11.8 Å². The number of para-hydroxylation sites is 1. The minimum atomic E-state index is -0.0429. The predicted molar refractivity (Wildman–Crippen MR) is 85.7 cm³/mol. The Labute approximate surface area is 128 Å². The van der Waals surface area contributed by atoms with E-state index in [9.17, 15) is 4.79 Å². The van der Waals surface area contributed by atoms with E-state index in [0.717, 1.165) is 22.6 Å². The van der Waals surface area contributed by atoms with Crippen LogP contribution in [0.2, 0.25) is 0 Å². The summed E-state index contributed by atoms with van der Waals surface area (Å²) in [6, 6.07) is 6.08. The normalized spacial score (nSPS) is 10.9. The molecule has 0 bridgehead atoms. The van der Waals surface area contributed by atoms with Crippen LogP contribution in [0.5, 0.6) is 0 Å². The number of nitrogens with one attached hydrogen (secondary N) is 2. The van der Waals surface area contributed by atoms with Crippen molar-refractivity contribution in [3.05, 3.63) is 35.2 Å². The number of carbonyl (C=O) groups is 1. The van der Waals surface area contributed by atoms with Gasteiger partial charge in [0.25, 0.3) is 0 Å². The van der Waals surface area contributed by atoms with Crippen molar-refractivity contribution in [3.63, 3.8) is 0 Å². The minimum Gasteiger partial charge on any atom is -0.325 e. The molecule has 21 heavy (non-hydrogen) atoms. The molecule has 0 saturated heterocycles. The largest absolute Gasteiger partial charge is 0.325 e. The van der Waals surface area contributed by atoms with Crippen LogP contribution in [0, 0.1) is 13.8 Å². The number of carbonyl (C=O) groups excluding carboxylic acids is 1. The smallest absolute Gasteiger partial charge is 0.234 e. The third kappa shape index (κ3) is 4.07. The molecule has 0 radical (unpaired) electrons. The van der Waals surface area contributed by atoms with E-state index in [-0.39, 0.29) is 5.91 Å². The van der Waals surface area contributed by atoms with Crippen LogP contribution < -0.4 is 5.32 Å². The molecular weight excluding hydrogens is 284 g/mol. The summed E-state index contributed by atoms with van der Waals surface area (Å²) in [5, 5.41) is 10.4.